The third-order valence-corrected chi connectivity index (χ3v) is 4.38. The molecule has 0 radical (unpaired) electrons. The van der Waals surface area contributed by atoms with Crippen LogP contribution in [0.3, 0.4) is 0 Å². The number of aromatic nitrogens is 3. The van der Waals surface area contributed by atoms with E-state index in [1.54, 1.807) is 20.4 Å². The van der Waals surface area contributed by atoms with E-state index >= 15 is 0 Å². The molecular formula is C17H23F2N5O. The first-order chi connectivity index (χ1) is 12.0. The summed E-state index contributed by atoms with van der Waals surface area (Å²) < 4.78 is 32.7. The molecule has 0 bridgehead atoms. The quantitative estimate of drug-likeness (QED) is 0.797. The van der Waals surface area contributed by atoms with Gasteiger partial charge in [0.25, 0.3) is 6.43 Å². The summed E-state index contributed by atoms with van der Waals surface area (Å²) in [4.78, 5) is 8.94. The van der Waals surface area contributed by atoms with Crippen LogP contribution in [0.4, 0.5) is 8.78 Å². The first-order valence-corrected chi connectivity index (χ1v) is 8.30. The van der Waals surface area contributed by atoms with Gasteiger partial charge in [0, 0.05) is 64.1 Å². The second-order valence-corrected chi connectivity index (χ2v) is 6.24. The van der Waals surface area contributed by atoms with Crippen molar-refractivity contribution in [1.29, 1.82) is 0 Å². The second-order valence-electron chi connectivity index (χ2n) is 6.24. The number of piperazine rings is 1. The summed E-state index contributed by atoms with van der Waals surface area (Å²) in [6, 6.07) is 5.75. The highest BCUT2D eigenvalue weighted by Crippen LogP contribution is 2.22. The van der Waals surface area contributed by atoms with Crippen molar-refractivity contribution in [2.45, 2.75) is 19.5 Å². The molecule has 1 fully saturated rings. The minimum Gasteiger partial charge on any atom is -0.481 e. The van der Waals surface area contributed by atoms with Crippen molar-refractivity contribution in [3.05, 3.63) is 41.3 Å². The summed E-state index contributed by atoms with van der Waals surface area (Å²) in [6.45, 7) is 4.70. The fraction of sp³-hybridized carbons (Fsp3) is 0.529. The number of rotatable bonds is 6. The van der Waals surface area contributed by atoms with Crippen LogP contribution in [0.1, 0.15) is 23.4 Å². The molecule has 2 aromatic rings. The standard InChI is InChI=1S/C17H23F2N5O/c1-22-10-13(16(21-22)17(18)19)11-23-6-8-24(9-7-23)12-14-4-3-5-15(20-14)25-2/h3-5,10,17H,6-9,11-12H2,1-2H3. The molecule has 0 saturated carbocycles. The van der Waals surface area contributed by atoms with Crippen LogP contribution in [-0.2, 0) is 20.1 Å². The van der Waals surface area contributed by atoms with E-state index in [-0.39, 0.29) is 5.69 Å². The summed E-state index contributed by atoms with van der Waals surface area (Å²) in [5.74, 6) is 0.618. The Bertz CT molecular complexity index is 698. The number of hydrogen-bond donors (Lipinski definition) is 0. The van der Waals surface area contributed by atoms with Crippen LogP contribution >= 0.6 is 0 Å². The lowest BCUT2D eigenvalue weighted by molar-refractivity contribution is 0.116. The molecule has 0 atom stereocenters. The van der Waals surface area contributed by atoms with E-state index in [0.29, 0.717) is 18.0 Å². The Kier molecular flexibility index (Phi) is 5.60. The highest BCUT2D eigenvalue weighted by molar-refractivity contribution is 5.18. The summed E-state index contributed by atoms with van der Waals surface area (Å²) in [5.41, 5.74) is 1.48. The molecule has 3 rings (SSSR count). The highest BCUT2D eigenvalue weighted by atomic mass is 19.3. The lowest BCUT2D eigenvalue weighted by Gasteiger charge is -2.34. The molecule has 0 unspecified atom stereocenters. The Morgan fingerprint density at radius 1 is 1.12 bits per heavy atom. The van der Waals surface area contributed by atoms with Gasteiger partial charge in [0.05, 0.1) is 12.8 Å². The maximum Gasteiger partial charge on any atom is 0.282 e. The molecule has 6 nitrogen and oxygen atoms in total. The SMILES string of the molecule is COc1cccc(CN2CCN(Cc3cn(C)nc3C(F)F)CC2)n1. The monoisotopic (exact) mass is 351 g/mol. The molecule has 0 aromatic carbocycles. The molecule has 1 aliphatic heterocycles. The Morgan fingerprint density at radius 3 is 2.44 bits per heavy atom. The van der Waals surface area contributed by atoms with Crippen molar-refractivity contribution in [3.63, 3.8) is 0 Å². The van der Waals surface area contributed by atoms with Crippen LogP contribution in [0.15, 0.2) is 24.4 Å². The Hall–Kier alpha value is -2.06. The van der Waals surface area contributed by atoms with E-state index in [4.69, 9.17) is 4.74 Å². The Labute approximate surface area is 146 Å². The zero-order valence-electron chi connectivity index (χ0n) is 14.5. The molecule has 0 amide bonds. The van der Waals surface area contributed by atoms with E-state index in [9.17, 15) is 8.78 Å². The number of alkyl halides is 2. The smallest absolute Gasteiger partial charge is 0.282 e. The maximum atomic E-state index is 13.0. The summed E-state index contributed by atoms with van der Waals surface area (Å²) in [7, 11) is 3.28. The molecule has 2 aromatic heterocycles. The van der Waals surface area contributed by atoms with Crippen LogP contribution in [0.5, 0.6) is 5.88 Å². The zero-order valence-corrected chi connectivity index (χ0v) is 14.5. The third kappa shape index (κ3) is 4.52. The Morgan fingerprint density at radius 2 is 1.80 bits per heavy atom. The van der Waals surface area contributed by atoms with Gasteiger partial charge in [-0.25, -0.2) is 13.8 Å². The molecule has 0 spiro atoms. The predicted molar refractivity (Wildman–Crippen MR) is 89.5 cm³/mol. The molecule has 25 heavy (non-hydrogen) atoms. The number of pyridine rings is 1. The minimum atomic E-state index is -2.53. The fourth-order valence-electron chi connectivity index (χ4n) is 3.10. The number of methoxy groups -OCH3 is 1. The molecule has 3 heterocycles. The van der Waals surface area contributed by atoms with Crippen molar-refractivity contribution < 1.29 is 13.5 Å². The van der Waals surface area contributed by atoms with Crippen LogP contribution < -0.4 is 4.74 Å². The first kappa shape index (κ1) is 17.8. The number of hydrogen-bond acceptors (Lipinski definition) is 5. The Balaban J connectivity index is 1.53. The minimum absolute atomic E-state index is 0.106. The molecule has 8 heteroatoms. The van der Waals surface area contributed by atoms with Gasteiger partial charge in [-0.2, -0.15) is 5.10 Å². The largest absolute Gasteiger partial charge is 0.481 e. The number of nitrogens with zero attached hydrogens (tertiary/aromatic N) is 5. The van der Waals surface area contributed by atoms with E-state index in [0.717, 1.165) is 38.4 Å². The molecule has 0 N–H and O–H groups in total. The zero-order chi connectivity index (χ0) is 17.8. The van der Waals surface area contributed by atoms with E-state index in [1.165, 1.54) is 4.68 Å². The average Bonchev–Trinajstić information content (AvgIpc) is 2.97. The third-order valence-electron chi connectivity index (χ3n) is 4.38. The average molecular weight is 351 g/mol. The summed E-state index contributed by atoms with van der Waals surface area (Å²) in [6.07, 6.45) is -0.842. The van der Waals surface area contributed by atoms with Crippen LogP contribution in [0.2, 0.25) is 0 Å². The van der Waals surface area contributed by atoms with Crippen LogP contribution in [0.25, 0.3) is 0 Å². The van der Waals surface area contributed by atoms with Gasteiger partial charge < -0.3 is 4.74 Å². The topological polar surface area (TPSA) is 46.4 Å². The number of halogens is 2. The predicted octanol–water partition coefficient (Wildman–Crippen LogP) is 2.08. The first-order valence-electron chi connectivity index (χ1n) is 8.30. The lowest BCUT2D eigenvalue weighted by atomic mass is 10.2. The summed E-state index contributed by atoms with van der Waals surface area (Å²) in [5, 5.41) is 3.87. The second kappa shape index (κ2) is 7.88. The van der Waals surface area contributed by atoms with Crippen molar-refractivity contribution in [1.82, 2.24) is 24.6 Å². The van der Waals surface area contributed by atoms with Gasteiger partial charge in [-0.05, 0) is 6.07 Å². The van der Waals surface area contributed by atoms with Crippen molar-refractivity contribution >= 4 is 0 Å². The molecule has 1 saturated heterocycles. The fourth-order valence-corrected chi connectivity index (χ4v) is 3.10. The van der Waals surface area contributed by atoms with Crippen molar-refractivity contribution in [2.75, 3.05) is 33.3 Å². The maximum absolute atomic E-state index is 13.0. The van der Waals surface area contributed by atoms with Gasteiger partial charge in [-0.15, -0.1) is 0 Å². The number of ether oxygens (including phenoxy) is 1. The van der Waals surface area contributed by atoms with E-state index in [1.807, 2.05) is 18.2 Å². The van der Waals surface area contributed by atoms with Gasteiger partial charge in [0.2, 0.25) is 5.88 Å². The molecular weight excluding hydrogens is 328 g/mol. The normalized spacial score (nSPS) is 16.5. The van der Waals surface area contributed by atoms with Gasteiger partial charge in [0.1, 0.15) is 5.69 Å². The van der Waals surface area contributed by atoms with Gasteiger partial charge >= 0.3 is 0 Å². The van der Waals surface area contributed by atoms with Crippen molar-refractivity contribution in [3.8, 4) is 5.88 Å². The molecule has 1 aliphatic rings. The van der Waals surface area contributed by atoms with Crippen LogP contribution in [0, 0.1) is 0 Å². The van der Waals surface area contributed by atoms with Gasteiger partial charge in [-0.3, -0.25) is 14.5 Å². The molecule has 136 valence electrons. The van der Waals surface area contributed by atoms with E-state index in [2.05, 4.69) is 19.9 Å². The van der Waals surface area contributed by atoms with E-state index < -0.39 is 6.43 Å². The number of aryl methyl sites for hydroxylation is 1. The van der Waals surface area contributed by atoms with Crippen molar-refractivity contribution in [2.24, 2.45) is 7.05 Å². The molecule has 0 aliphatic carbocycles. The highest BCUT2D eigenvalue weighted by Gasteiger charge is 2.22. The summed E-state index contributed by atoms with van der Waals surface area (Å²) >= 11 is 0. The van der Waals surface area contributed by atoms with Gasteiger partial charge in [0.15, 0.2) is 0 Å². The van der Waals surface area contributed by atoms with Gasteiger partial charge in [-0.1, -0.05) is 6.07 Å². The lowest BCUT2D eigenvalue weighted by Crippen LogP contribution is -2.45. The van der Waals surface area contributed by atoms with Crippen LogP contribution in [-0.4, -0.2) is 57.9 Å².